The second kappa shape index (κ2) is 3.90. The van der Waals surface area contributed by atoms with Gasteiger partial charge in [0.15, 0.2) is 0 Å². The third kappa shape index (κ3) is 1.69. The Labute approximate surface area is 87.1 Å². The van der Waals surface area contributed by atoms with Crippen molar-refractivity contribution in [1.29, 1.82) is 0 Å². The fraction of sp³-hybridized carbons (Fsp3) is 0.182. The largest absolute Gasteiger partial charge is 0.327 e. The summed E-state index contributed by atoms with van der Waals surface area (Å²) in [5, 5.41) is 1.11. The number of thiazole rings is 1. The molecule has 0 aliphatic carbocycles. The van der Waals surface area contributed by atoms with E-state index in [9.17, 15) is 0 Å². The van der Waals surface area contributed by atoms with Gasteiger partial charge in [-0.15, -0.1) is 11.3 Å². The molecule has 0 bridgehead atoms. The predicted molar refractivity (Wildman–Crippen MR) is 62.4 cm³/mol. The molecular weight excluding hydrogens is 192 g/mol. The Kier molecular flexibility index (Phi) is 2.61. The van der Waals surface area contributed by atoms with Crippen molar-refractivity contribution >= 4 is 27.6 Å². The summed E-state index contributed by atoms with van der Waals surface area (Å²) in [5.41, 5.74) is 7.65. The maximum absolute atomic E-state index is 5.42. The van der Waals surface area contributed by atoms with Crippen LogP contribution in [0.25, 0.3) is 16.3 Å². The molecule has 1 aromatic heterocycles. The van der Waals surface area contributed by atoms with Crippen LogP contribution in [0.15, 0.2) is 24.3 Å². The normalized spacial score (nSPS) is 11.6. The molecule has 2 N–H and O–H groups in total. The summed E-state index contributed by atoms with van der Waals surface area (Å²) in [6, 6.07) is 6.21. The van der Waals surface area contributed by atoms with E-state index in [2.05, 4.69) is 23.2 Å². The highest BCUT2D eigenvalue weighted by Crippen LogP contribution is 2.24. The first-order valence-corrected chi connectivity index (χ1v) is 5.35. The van der Waals surface area contributed by atoms with Crippen LogP contribution in [0.3, 0.4) is 0 Å². The lowest BCUT2D eigenvalue weighted by molar-refractivity contribution is 1.26. The van der Waals surface area contributed by atoms with Crippen molar-refractivity contribution in [3.8, 4) is 0 Å². The molecule has 0 aliphatic rings. The van der Waals surface area contributed by atoms with Crippen LogP contribution in [0.4, 0.5) is 0 Å². The van der Waals surface area contributed by atoms with E-state index < -0.39 is 0 Å². The van der Waals surface area contributed by atoms with Crippen LogP contribution in [-0.4, -0.2) is 11.5 Å². The highest BCUT2D eigenvalue weighted by molar-refractivity contribution is 7.18. The summed E-state index contributed by atoms with van der Waals surface area (Å²) in [7, 11) is 0. The van der Waals surface area contributed by atoms with Crippen LogP contribution in [0.1, 0.15) is 10.6 Å². The molecule has 2 nitrogen and oxygen atoms in total. The molecule has 0 radical (unpaired) electrons. The van der Waals surface area contributed by atoms with Gasteiger partial charge in [0.25, 0.3) is 0 Å². The number of hydrogen-bond donors (Lipinski definition) is 1. The first-order valence-electron chi connectivity index (χ1n) is 4.54. The van der Waals surface area contributed by atoms with E-state index in [0.717, 1.165) is 16.1 Å². The van der Waals surface area contributed by atoms with Crippen molar-refractivity contribution in [2.24, 2.45) is 5.73 Å². The molecule has 0 saturated heterocycles. The fourth-order valence-electron chi connectivity index (χ4n) is 1.41. The molecule has 0 amide bonds. The second-order valence-electron chi connectivity index (χ2n) is 3.06. The second-order valence-corrected chi connectivity index (χ2v) is 4.30. The number of rotatable bonds is 2. The molecule has 14 heavy (non-hydrogen) atoms. The standard InChI is InChI=1S/C11H12N2S/c1-8-13-11-9(5-3-7-12)4-2-6-10(11)14-8/h2-6H,7,12H2,1H3/b5-3+. The molecular formula is C11H12N2S. The minimum atomic E-state index is 0.569. The fourth-order valence-corrected chi connectivity index (χ4v) is 2.27. The number of aromatic nitrogens is 1. The Morgan fingerprint density at radius 3 is 3.14 bits per heavy atom. The molecule has 0 atom stereocenters. The summed E-state index contributed by atoms with van der Waals surface area (Å²) >= 11 is 1.72. The number of nitrogens with two attached hydrogens (primary N) is 1. The maximum Gasteiger partial charge on any atom is 0.0908 e. The van der Waals surface area contributed by atoms with E-state index in [1.165, 1.54) is 4.70 Å². The predicted octanol–water partition coefficient (Wildman–Crippen LogP) is 2.58. The number of nitrogens with zero attached hydrogens (tertiary/aromatic N) is 1. The Morgan fingerprint density at radius 2 is 2.36 bits per heavy atom. The van der Waals surface area contributed by atoms with Crippen LogP contribution in [-0.2, 0) is 0 Å². The van der Waals surface area contributed by atoms with Gasteiger partial charge < -0.3 is 5.73 Å². The molecule has 0 aliphatic heterocycles. The van der Waals surface area contributed by atoms with Crippen LogP contribution < -0.4 is 5.73 Å². The van der Waals surface area contributed by atoms with Gasteiger partial charge in [0, 0.05) is 12.1 Å². The topological polar surface area (TPSA) is 38.9 Å². The number of hydrogen-bond acceptors (Lipinski definition) is 3. The van der Waals surface area contributed by atoms with Gasteiger partial charge in [0.05, 0.1) is 15.2 Å². The quantitative estimate of drug-likeness (QED) is 0.816. The van der Waals surface area contributed by atoms with Crippen molar-refractivity contribution in [3.05, 3.63) is 34.8 Å². The van der Waals surface area contributed by atoms with Crippen LogP contribution in [0.5, 0.6) is 0 Å². The average Bonchev–Trinajstić information content (AvgIpc) is 2.55. The SMILES string of the molecule is Cc1nc2c(/C=C/CN)cccc2s1. The summed E-state index contributed by atoms with van der Waals surface area (Å²) in [6.07, 6.45) is 3.98. The Bertz CT molecular complexity index is 471. The number of fused-ring (bicyclic) bond motifs is 1. The Morgan fingerprint density at radius 1 is 1.50 bits per heavy atom. The van der Waals surface area contributed by atoms with Crippen molar-refractivity contribution in [1.82, 2.24) is 4.98 Å². The van der Waals surface area contributed by atoms with Gasteiger partial charge in [0.2, 0.25) is 0 Å². The first-order chi connectivity index (χ1) is 6.81. The number of para-hydroxylation sites is 1. The third-order valence-electron chi connectivity index (χ3n) is 1.99. The highest BCUT2D eigenvalue weighted by atomic mass is 32.1. The van der Waals surface area contributed by atoms with E-state index in [0.29, 0.717) is 6.54 Å². The van der Waals surface area contributed by atoms with Gasteiger partial charge in [-0.3, -0.25) is 0 Å². The zero-order valence-corrected chi connectivity index (χ0v) is 8.84. The first kappa shape index (κ1) is 9.37. The van der Waals surface area contributed by atoms with E-state index in [1.54, 1.807) is 11.3 Å². The van der Waals surface area contributed by atoms with Crippen LogP contribution in [0.2, 0.25) is 0 Å². The molecule has 0 saturated carbocycles. The minimum absolute atomic E-state index is 0.569. The molecule has 2 aromatic rings. The zero-order valence-electron chi connectivity index (χ0n) is 8.03. The van der Waals surface area contributed by atoms with Gasteiger partial charge >= 0.3 is 0 Å². The van der Waals surface area contributed by atoms with Crippen molar-refractivity contribution in [2.45, 2.75) is 6.92 Å². The molecule has 3 heteroatoms. The van der Waals surface area contributed by atoms with E-state index in [1.807, 2.05) is 19.1 Å². The van der Waals surface area contributed by atoms with Gasteiger partial charge in [-0.1, -0.05) is 24.3 Å². The van der Waals surface area contributed by atoms with Crippen molar-refractivity contribution < 1.29 is 0 Å². The molecule has 1 aromatic carbocycles. The molecule has 0 unspecified atom stereocenters. The third-order valence-corrected chi connectivity index (χ3v) is 2.93. The van der Waals surface area contributed by atoms with Gasteiger partial charge in [-0.05, 0) is 13.0 Å². The molecule has 1 heterocycles. The maximum atomic E-state index is 5.42. The summed E-state index contributed by atoms with van der Waals surface area (Å²) in [5.74, 6) is 0. The summed E-state index contributed by atoms with van der Waals surface area (Å²) in [6.45, 7) is 2.60. The summed E-state index contributed by atoms with van der Waals surface area (Å²) < 4.78 is 1.24. The molecule has 72 valence electrons. The van der Waals surface area contributed by atoms with Crippen molar-refractivity contribution in [3.63, 3.8) is 0 Å². The number of benzene rings is 1. The Balaban J connectivity index is 2.58. The lowest BCUT2D eigenvalue weighted by Gasteiger charge is -1.93. The smallest absolute Gasteiger partial charge is 0.0908 e. The van der Waals surface area contributed by atoms with Crippen LogP contribution >= 0.6 is 11.3 Å². The Hall–Kier alpha value is -1.19. The monoisotopic (exact) mass is 204 g/mol. The summed E-state index contributed by atoms with van der Waals surface area (Å²) in [4.78, 5) is 4.49. The lowest BCUT2D eigenvalue weighted by atomic mass is 10.2. The lowest BCUT2D eigenvalue weighted by Crippen LogP contribution is -1.92. The van der Waals surface area contributed by atoms with E-state index in [-0.39, 0.29) is 0 Å². The zero-order chi connectivity index (χ0) is 9.97. The highest BCUT2D eigenvalue weighted by Gasteiger charge is 2.02. The molecule has 2 rings (SSSR count). The molecule has 0 spiro atoms. The molecule has 0 fully saturated rings. The van der Waals surface area contributed by atoms with Gasteiger partial charge in [-0.2, -0.15) is 0 Å². The minimum Gasteiger partial charge on any atom is -0.327 e. The van der Waals surface area contributed by atoms with E-state index in [4.69, 9.17) is 5.73 Å². The van der Waals surface area contributed by atoms with Crippen molar-refractivity contribution in [2.75, 3.05) is 6.54 Å². The van der Waals surface area contributed by atoms with Crippen LogP contribution in [0, 0.1) is 6.92 Å². The van der Waals surface area contributed by atoms with Gasteiger partial charge in [-0.25, -0.2) is 4.98 Å². The van der Waals surface area contributed by atoms with E-state index >= 15 is 0 Å². The average molecular weight is 204 g/mol. The van der Waals surface area contributed by atoms with Gasteiger partial charge in [0.1, 0.15) is 0 Å². The number of aryl methyl sites for hydroxylation is 1.